The van der Waals surface area contributed by atoms with E-state index in [1.165, 1.54) is 23.5 Å². The summed E-state index contributed by atoms with van der Waals surface area (Å²) in [7, 11) is 0. The highest BCUT2D eigenvalue weighted by Gasteiger charge is 2.11. The van der Waals surface area contributed by atoms with Crippen LogP contribution in [0.1, 0.15) is 10.6 Å². The van der Waals surface area contributed by atoms with Gasteiger partial charge in [-0.1, -0.05) is 12.1 Å². The van der Waals surface area contributed by atoms with E-state index >= 15 is 0 Å². The Morgan fingerprint density at radius 1 is 1.28 bits per heavy atom. The smallest absolute Gasteiger partial charge is 0.269 e. The molecule has 0 aliphatic carbocycles. The van der Waals surface area contributed by atoms with Gasteiger partial charge in [-0.25, -0.2) is 4.98 Å². The molecule has 122 valence electrons. The topological polar surface area (TPSA) is 100 Å². The van der Waals surface area contributed by atoms with Crippen LogP contribution in [0.2, 0.25) is 0 Å². The highest BCUT2D eigenvalue weighted by atomic mass is 32.1. The maximum atomic E-state index is 10.7. The van der Waals surface area contributed by atoms with E-state index in [0.29, 0.717) is 21.8 Å². The summed E-state index contributed by atoms with van der Waals surface area (Å²) in [6, 6.07) is 14.8. The van der Waals surface area contributed by atoms with Crippen molar-refractivity contribution in [1.29, 1.82) is 5.26 Å². The molecule has 0 aliphatic rings. The molecule has 0 spiro atoms. The molecule has 0 saturated carbocycles. The highest BCUT2D eigenvalue weighted by Crippen LogP contribution is 2.28. The number of nitro groups is 1. The minimum absolute atomic E-state index is 0.0145. The van der Waals surface area contributed by atoms with Gasteiger partial charge in [-0.3, -0.25) is 10.1 Å². The maximum absolute atomic E-state index is 10.7. The number of rotatable bonds is 4. The average molecular weight is 349 g/mol. The van der Waals surface area contributed by atoms with Gasteiger partial charge < -0.3 is 5.11 Å². The van der Waals surface area contributed by atoms with E-state index in [9.17, 15) is 20.5 Å². The molecule has 6 nitrogen and oxygen atoms in total. The van der Waals surface area contributed by atoms with E-state index in [1.54, 1.807) is 47.9 Å². The lowest BCUT2D eigenvalue weighted by Crippen LogP contribution is -1.87. The zero-order valence-electron chi connectivity index (χ0n) is 12.8. The van der Waals surface area contributed by atoms with Gasteiger partial charge in [0.1, 0.15) is 16.8 Å². The fourth-order valence-electron chi connectivity index (χ4n) is 2.21. The molecular weight excluding hydrogens is 338 g/mol. The van der Waals surface area contributed by atoms with E-state index in [2.05, 4.69) is 11.1 Å². The zero-order valence-corrected chi connectivity index (χ0v) is 13.6. The van der Waals surface area contributed by atoms with Gasteiger partial charge >= 0.3 is 0 Å². The first kappa shape index (κ1) is 16.4. The lowest BCUT2D eigenvalue weighted by molar-refractivity contribution is -0.384. The van der Waals surface area contributed by atoms with Crippen LogP contribution in [0.4, 0.5) is 5.69 Å². The minimum Gasteiger partial charge on any atom is -0.508 e. The molecule has 3 rings (SSSR count). The number of benzene rings is 2. The van der Waals surface area contributed by atoms with Crippen molar-refractivity contribution in [3.8, 4) is 23.1 Å². The van der Waals surface area contributed by atoms with E-state index in [4.69, 9.17) is 0 Å². The Balaban J connectivity index is 1.91. The number of nitriles is 1. The van der Waals surface area contributed by atoms with E-state index in [1.807, 2.05) is 0 Å². The Bertz CT molecular complexity index is 1000. The summed E-state index contributed by atoms with van der Waals surface area (Å²) in [6.07, 6.45) is 1.65. The Kier molecular flexibility index (Phi) is 4.55. The first-order chi connectivity index (χ1) is 12.1. The van der Waals surface area contributed by atoms with Crippen molar-refractivity contribution < 1.29 is 10.0 Å². The fraction of sp³-hybridized carbons (Fsp3) is 0. The molecule has 2 aromatic carbocycles. The number of allylic oxidation sites excluding steroid dienone is 1. The summed E-state index contributed by atoms with van der Waals surface area (Å²) in [6.45, 7) is 0. The molecule has 0 amide bonds. The van der Waals surface area contributed by atoms with Crippen LogP contribution in [0, 0.1) is 21.4 Å². The van der Waals surface area contributed by atoms with Gasteiger partial charge in [0.25, 0.3) is 5.69 Å². The van der Waals surface area contributed by atoms with Gasteiger partial charge in [0.15, 0.2) is 0 Å². The molecule has 25 heavy (non-hydrogen) atoms. The number of nitrogens with zero attached hydrogens (tertiary/aromatic N) is 3. The maximum Gasteiger partial charge on any atom is 0.269 e. The van der Waals surface area contributed by atoms with Crippen molar-refractivity contribution in [2.24, 2.45) is 0 Å². The van der Waals surface area contributed by atoms with Crippen LogP contribution in [0.5, 0.6) is 5.75 Å². The first-order valence-corrected chi connectivity index (χ1v) is 8.06. The van der Waals surface area contributed by atoms with Gasteiger partial charge in [0.05, 0.1) is 16.2 Å². The lowest BCUT2D eigenvalue weighted by Gasteiger charge is -1.98. The molecule has 0 aliphatic heterocycles. The predicted octanol–water partition coefficient (Wildman–Crippen LogP) is 4.49. The first-order valence-electron chi connectivity index (χ1n) is 7.18. The Morgan fingerprint density at radius 3 is 2.68 bits per heavy atom. The third kappa shape index (κ3) is 3.71. The van der Waals surface area contributed by atoms with Gasteiger partial charge in [-0.05, 0) is 35.9 Å². The molecule has 1 aromatic heterocycles. The van der Waals surface area contributed by atoms with Crippen molar-refractivity contribution in [3.05, 3.63) is 74.6 Å². The van der Waals surface area contributed by atoms with Crippen LogP contribution in [0.15, 0.2) is 53.9 Å². The Morgan fingerprint density at radius 2 is 2.04 bits per heavy atom. The van der Waals surface area contributed by atoms with Gasteiger partial charge in [0.2, 0.25) is 0 Å². The SMILES string of the molecule is N#C/C(=C\c1cccc(O)c1)c1nc(-c2ccc([N+](=O)[O-])cc2)cs1. The molecule has 1 N–H and O–H groups in total. The minimum atomic E-state index is -0.456. The molecule has 7 heteroatoms. The van der Waals surface area contributed by atoms with Crippen molar-refractivity contribution in [2.45, 2.75) is 0 Å². The Labute approximate surface area is 147 Å². The molecule has 0 saturated heterocycles. The second-order valence-electron chi connectivity index (χ2n) is 5.11. The number of hydrogen-bond acceptors (Lipinski definition) is 6. The standard InChI is InChI=1S/C18H11N3O3S/c19-10-14(8-12-2-1-3-16(22)9-12)18-20-17(11-25-18)13-4-6-15(7-5-13)21(23)24/h1-9,11,22H/b14-8+. The Hall–Kier alpha value is -3.50. The largest absolute Gasteiger partial charge is 0.508 e. The lowest BCUT2D eigenvalue weighted by atomic mass is 10.1. The quantitative estimate of drug-likeness (QED) is 0.425. The van der Waals surface area contributed by atoms with Crippen molar-refractivity contribution >= 4 is 28.7 Å². The third-order valence-electron chi connectivity index (χ3n) is 3.41. The normalized spacial score (nSPS) is 11.1. The van der Waals surface area contributed by atoms with Crippen LogP contribution in [-0.4, -0.2) is 15.0 Å². The fourth-order valence-corrected chi connectivity index (χ4v) is 3.00. The third-order valence-corrected chi connectivity index (χ3v) is 4.29. The summed E-state index contributed by atoms with van der Waals surface area (Å²) in [5.41, 5.74) is 2.47. The number of hydrogen-bond donors (Lipinski definition) is 1. The number of non-ortho nitro benzene ring substituents is 1. The average Bonchev–Trinajstić information content (AvgIpc) is 3.09. The van der Waals surface area contributed by atoms with E-state index in [-0.39, 0.29) is 11.4 Å². The van der Waals surface area contributed by atoms with Crippen LogP contribution in [0.3, 0.4) is 0 Å². The number of aromatic nitrogens is 1. The second-order valence-corrected chi connectivity index (χ2v) is 5.96. The van der Waals surface area contributed by atoms with Crippen molar-refractivity contribution in [2.75, 3.05) is 0 Å². The van der Waals surface area contributed by atoms with Gasteiger partial charge in [-0.2, -0.15) is 5.26 Å². The number of phenols is 1. The number of thiazole rings is 1. The van der Waals surface area contributed by atoms with E-state index in [0.717, 1.165) is 5.56 Å². The molecule has 0 radical (unpaired) electrons. The molecule has 0 fully saturated rings. The molecule has 0 atom stereocenters. The van der Waals surface area contributed by atoms with Crippen LogP contribution >= 0.6 is 11.3 Å². The molecule has 0 unspecified atom stereocenters. The van der Waals surface area contributed by atoms with Crippen LogP contribution < -0.4 is 0 Å². The summed E-state index contributed by atoms with van der Waals surface area (Å²) in [5.74, 6) is 0.122. The summed E-state index contributed by atoms with van der Waals surface area (Å²) < 4.78 is 0. The summed E-state index contributed by atoms with van der Waals surface area (Å²) in [4.78, 5) is 14.7. The monoisotopic (exact) mass is 349 g/mol. The second kappa shape index (κ2) is 6.95. The highest BCUT2D eigenvalue weighted by molar-refractivity contribution is 7.11. The number of nitro benzene ring substituents is 1. The number of aromatic hydroxyl groups is 1. The van der Waals surface area contributed by atoms with Crippen LogP contribution in [-0.2, 0) is 0 Å². The predicted molar refractivity (Wildman–Crippen MR) is 95.8 cm³/mol. The summed E-state index contributed by atoms with van der Waals surface area (Å²) >= 11 is 1.31. The molecule has 1 heterocycles. The zero-order chi connectivity index (χ0) is 17.8. The van der Waals surface area contributed by atoms with Gasteiger partial charge in [0, 0.05) is 23.1 Å². The van der Waals surface area contributed by atoms with Crippen molar-refractivity contribution in [3.63, 3.8) is 0 Å². The van der Waals surface area contributed by atoms with Crippen LogP contribution in [0.25, 0.3) is 22.9 Å². The molecule has 3 aromatic rings. The van der Waals surface area contributed by atoms with E-state index < -0.39 is 4.92 Å². The summed E-state index contributed by atoms with van der Waals surface area (Å²) in [5, 5.41) is 32.0. The molecule has 0 bridgehead atoms. The molecular formula is C18H11N3O3S. The van der Waals surface area contributed by atoms with Gasteiger partial charge in [-0.15, -0.1) is 11.3 Å². The number of phenolic OH excluding ortho intramolecular Hbond substituents is 1. The van der Waals surface area contributed by atoms with Crippen molar-refractivity contribution in [1.82, 2.24) is 4.98 Å².